The van der Waals surface area contributed by atoms with Gasteiger partial charge in [-0.05, 0) is 61.4 Å². The number of hydrogen-bond donors (Lipinski definition) is 2. The minimum absolute atomic E-state index is 0.0396. The molecule has 2 saturated heterocycles. The molecule has 14 nitrogen and oxygen atoms in total. The summed E-state index contributed by atoms with van der Waals surface area (Å²) in [7, 11) is 5.93. The fourth-order valence-electron chi connectivity index (χ4n) is 8.74. The molecule has 0 unspecified atom stereocenters. The van der Waals surface area contributed by atoms with Crippen LogP contribution in [-0.2, 0) is 25.3 Å². The fraction of sp³-hybridized carbons (Fsp3) is 0.415. The van der Waals surface area contributed by atoms with Gasteiger partial charge in [0.25, 0.3) is 12.0 Å². The van der Waals surface area contributed by atoms with Crippen molar-refractivity contribution in [3.8, 4) is 28.3 Å². The molecule has 2 aliphatic heterocycles. The Morgan fingerprint density at radius 1 is 1.00 bits per heavy atom. The molecule has 8 rings (SSSR count). The van der Waals surface area contributed by atoms with Gasteiger partial charge < -0.3 is 25.0 Å². The molecular formula is C41H44ClF2N9O5. The number of amides is 2. The van der Waals surface area contributed by atoms with Gasteiger partial charge in [0.15, 0.2) is 11.5 Å². The molecule has 2 fully saturated rings. The summed E-state index contributed by atoms with van der Waals surface area (Å²) in [5.74, 6) is -0.428. The van der Waals surface area contributed by atoms with E-state index in [2.05, 4.69) is 31.6 Å². The number of carbonyl (C=O) groups excluding carboxylic acids is 1. The number of anilines is 2. The Morgan fingerprint density at radius 2 is 1.74 bits per heavy atom. The van der Waals surface area contributed by atoms with Gasteiger partial charge in [0, 0.05) is 75.8 Å². The van der Waals surface area contributed by atoms with Crippen LogP contribution in [0.25, 0.3) is 33.4 Å². The number of hydrogen-bond acceptors (Lipinski definition) is 10. The smallest absolute Gasteiger partial charge is 0.332 e. The van der Waals surface area contributed by atoms with Crippen LogP contribution in [0.4, 0.5) is 25.1 Å². The number of rotatable bonds is 10. The lowest BCUT2D eigenvalue weighted by atomic mass is 9.92. The average molecular weight is 816 g/mol. The molecule has 3 aliphatic rings. The summed E-state index contributed by atoms with van der Waals surface area (Å²) in [5.41, 5.74) is 4.32. The molecular weight excluding hydrogens is 772 g/mol. The SMILES string of the molecule is COCCN1CC[C@]2(CCN([C@H]3CCc4cc(-c5cccc(-c6cccc(Nc7nc(C(F)F)nc8c7c(=O)n(C)c(=O)n8C)c6C)c5Cl)nc(OC)c43)C2)NC1=O. The van der Waals surface area contributed by atoms with Crippen LogP contribution < -0.4 is 26.6 Å². The molecule has 17 heteroatoms. The predicted octanol–water partition coefficient (Wildman–Crippen LogP) is 5.90. The zero-order chi connectivity index (χ0) is 41.0. The molecule has 2 amide bonds. The Balaban J connectivity index is 1.09. The zero-order valence-corrected chi connectivity index (χ0v) is 33.6. The number of pyridine rings is 1. The molecule has 1 spiro atoms. The third-order valence-corrected chi connectivity index (χ3v) is 12.3. The topological polar surface area (TPSA) is 149 Å². The number of nitrogens with zero attached hydrogens (tertiary/aromatic N) is 7. The summed E-state index contributed by atoms with van der Waals surface area (Å²) >= 11 is 7.24. The first kappa shape index (κ1) is 39.4. The molecule has 1 aliphatic carbocycles. The molecule has 5 heterocycles. The summed E-state index contributed by atoms with van der Waals surface area (Å²) in [5, 5.41) is 6.76. The van der Waals surface area contributed by atoms with Crippen LogP contribution in [0.1, 0.15) is 54.2 Å². The Morgan fingerprint density at radius 3 is 2.48 bits per heavy atom. The number of aromatic nitrogens is 5. The highest BCUT2D eigenvalue weighted by molar-refractivity contribution is 6.36. The van der Waals surface area contributed by atoms with Crippen LogP contribution in [-0.4, -0.2) is 92.5 Å². The normalized spacial score (nSPS) is 19.4. The molecule has 2 N–H and O–H groups in total. The van der Waals surface area contributed by atoms with Crippen LogP contribution >= 0.6 is 11.6 Å². The largest absolute Gasteiger partial charge is 0.481 e. The summed E-state index contributed by atoms with van der Waals surface area (Å²) in [6, 6.07) is 13.3. The zero-order valence-electron chi connectivity index (χ0n) is 32.9. The van der Waals surface area contributed by atoms with Gasteiger partial charge in [0.1, 0.15) is 11.2 Å². The van der Waals surface area contributed by atoms with Crippen molar-refractivity contribution in [2.24, 2.45) is 14.1 Å². The van der Waals surface area contributed by atoms with Gasteiger partial charge in [-0.1, -0.05) is 41.9 Å². The van der Waals surface area contributed by atoms with Crippen molar-refractivity contribution < 1.29 is 23.0 Å². The van der Waals surface area contributed by atoms with E-state index in [1.54, 1.807) is 26.4 Å². The summed E-state index contributed by atoms with van der Waals surface area (Å²) in [4.78, 5) is 56.1. The number of fused-ring (bicyclic) bond motifs is 2. The van der Waals surface area contributed by atoms with Crippen molar-refractivity contribution in [2.75, 3.05) is 52.3 Å². The maximum absolute atomic E-state index is 14.0. The van der Waals surface area contributed by atoms with Gasteiger partial charge in [-0.15, -0.1) is 0 Å². The number of alkyl halides is 2. The third-order valence-electron chi connectivity index (χ3n) is 11.9. The standard InChI is InChI=1S/C41H44ClF2N9O5/c1-22-24(8-7-11-27(22)45-34-31-36(48-35(47-34)33(43)44)50(2)40(56)51(3)38(31)54)25-9-6-10-26(32(25)42)28-20-23-12-13-29(30(23)37(46-28)58-5)53-17-15-41(21-53)14-16-52(18-19-57-4)39(55)49-41/h6-11,20,29,33H,12-19,21H2,1-5H3,(H,49,55)(H,45,47,48)/t29-,41+/m0/s1. The second-order valence-corrected chi connectivity index (χ2v) is 15.6. The Bertz CT molecular complexity index is 2580. The number of aryl methyl sites for hydroxylation is 2. The van der Waals surface area contributed by atoms with E-state index in [4.69, 9.17) is 26.1 Å². The number of nitrogens with one attached hydrogen (secondary N) is 2. The maximum Gasteiger partial charge on any atom is 0.332 e. The number of halogens is 3. The number of benzene rings is 2. The van der Waals surface area contributed by atoms with E-state index in [1.165, 1.54) is 14.1 Å². The summed E-state index contributed by atoms with van der Waals surface area (Å²) in [6.07, 6.45) is 0.433. The van der Waals surface area contributed by atoms with Gasteiger partial charge in [-0.3, -0.25) is 18.8 Å². The van der Waals surface area contributed by atoms with Crippen molar-refractivity contribution in [2.45, 2.75) is 50.6 Å². The number of carbonyl (C=O) groups is 1. The number of ether oxygens (including phenoxy) is 2. The van der Waals surface area contributed by atoms with E-state index in [0.717, 1.165) is 64.6 Å². The van der Waals surface area contributed by atoms with E-state index in [-0.39, 0.29) is 34.5 Å². The Kier molecular flexibility index (Phi) is 10.4. The van der Waals surface area contributed by atoms with E-state index in [9.17, 15) is 23.2 Å². The molecule has 5 aromatic rings. The first-order valence-electron chi connectivity index (χ1n) is 19.1. The molecule has 2 aromatic carbocycles. The van der Waals surface area contributed by atoms with Crippen molar-refractivity contribution in [1.82, 2.24) is 39.2 Å². The van der Waals surface area contributed by atoms with E-state index in [0.29, 0.717) is 58.7 Å². The summed E-state index contributed by atoms with van der Waals surface area (Å²) < 4.78 is 41.0. The fourth-order valence-corrected chi connectivity index (χ4v) is 9.07. The minimum atomic E-state index is -3.05. The number of methoxy groups -OCH3 is 2. The lowest BCUT2D eigenvalue weighted by Crippen LogP contribution is -2.61. The predicted molar refractivity (Wildman–Crippen MR) is 216 cm³/mol. The molecule has 3 aromatic heterocycles. The van der Waals surface area contributed by atoms with Crippen LogP contribution in [0.5, 0.6) is 5.88 Å². The van der Waals surface area contributed by atoms with Crippen molar-refractivity contribution >= 4 is 40.2 Å². The highest BCUT2D eigenvalue weighted by Gasteiger charge is 2.46. The van der Waals surface area contributed by atoms with Gasteiger partial charge in [0.05, 0.1) is 30.0 Å². The molecule has 0 radical (unpaired) electrons. The highest BCUT2D eigenvalue weighted by Crippen LogP contribution is 2.47. The van der Waals surface area contributed by atoms with Gasteiger partial charge in [-0.2, -0.15) is 0 Å². The Labute approximate surface area is 337 Å². The van der Waals surface area contributed by atoms with Gasteiger partial charge >= 0.3 is 11.7 Å². The van der Waals surface area contributed by atoms with Crippen molar-refractivity contribution in [3.63, 3.8) is 0 Å². The number of urea groups is 1. The summed E-state index contributed by atoms with van der Waals surface area (Å²) in [6.45, 7) is 5.23. The first-order chi connectivity index (χ1) is 27.8. The second kappa shape index (κ2) is 15.4. The van der Waals surface area contributed by atoms with Crippen LogP contribution in [0.3, 0.4) is 0 Å². The van der Waals surface area contributed by atoms with Crippen LogP contribution in [0.15, 0.2) is 52.1 Å². The lowest BCUT2D eigenvalue weighted by Gasteiger charge is -2.40. The lowest BCUT2D eigenvalue weighted by molar-refractivity contribution is 0.114. The van der Waals surface area contributed by atoms with E-state index < -0.39 is 23.5 Å². The highest BCUT2D eigenvalue weighted by atomic mass is 35.5. The molecule has 0 saturated carbocycles. The van der Waals surface area contributed by atoms with Crippen LogP contribution in [0, 0.1) is 6.92 Å². The first-order valence-corrected chi connectivity index (χ1v) is 19.5. The average Bonchev–Trinajstić information content (AvgIpc) is 3.83. The molecule has 58 heavy (non-hydrogen) atoms. The van der Waals surface area contributed by atoms with E-state index in [1.807, 2.05) is 36.1 Å². The second-order valence-electron chi connectivity index (χ2n) is 15.2. The third kappa shape index (κ3) is 6.75. The minimum Gasteiger partial charge on any atom is -0.481 e. The van der Waals surface area contributed by atoms with Crippen LogP contribution in [0.2, 0.25) is 5.02 Å². The monoisotopic (exact) mass is 815 g/mol. The van der Waals surface area contributed by atoms with Crippen molar-refractivity contribution in [3.05, 3.63) is 90.8 Å². The molecule has 2 atom stereocenters. The van der Waals surface area contributed by atoms with Gasteiger partial charge in [-0.25, -0.2) is 33.3 Å². The number of likely N-dealkylation sites (tertiary alicyclic amines) is 1. The maximum atomic E-state index is 14.0. The van der Waals surface area contributed by atoms with Crippen molar-refractivity contribution in [1.29, 1.82) is 0 Å². The molecule has 0 bridgehead atoms. The Hall–Kier alpha value is -5.45. The quantitative estimate of drug-likeness (QED) is 0.175. The molecule has 304 valence electrons. The van der Waals surface area contributed by atoms with E-state index >= 15 is 0 Å². The van der Waals surface area contributed by atoms with Gasteiger partial charge in [0.2, 0.25) is 5.88 Å².